The number of allylic oxidation sites excluding steroid dienone is 1. The van der Waals surface area contributed by atoms with Crippen LogP contribution in [0.5, 0.6) is 0 Å². The predicted octanol–water partition coefficient (Wildman–Crippen LogP) is 7.51. The van der Waals surface area contributed by atoms with E-state index in [9.17, 15) is 4.79 Å². The van der Waals surface area contributed by atoms with E-state index in [0.717, 1.165) is 79.0 Å². The Morgan fingerprint density at radius 3 is 2.40 bits per heavy atom. The van der Waals surface area contributed by atoms with Gasteiger partial charge in [0.15, 0.2) is 0 Å². The lowest BCUT2D eigenvalue weighted by Crippen LogP contribution is -2.50. The molecular weight excluding hydrogens is 534 g/mol. The molecule has 2 aliphatic rings. The van der Waals surface area contributed by atoms with E-state index in [0.29, 0.717) is 5.82 Å². The van der Waals surface area contributed by atoms with Gasteiger partial charge in [-0.05, 0) is 55.3 Å². The number of primary amides is 1. The second-order valence-corrected chi connectivity index (χ2v) is 12.9. The van der Waals surface area contributed by atoms with E-state index in [-0.39, 0.29) is 11.0 Å². The molecule has 0 spiro atoms. The molecule has 7 nitrogen and oxygen atoms in total. The standard InChI is InChI=1S/C36H43N5O2/c1-26-13-15-27(16-14-26)41-33(25-32(38-41)35(2,3)4)40(34(37)42)31-18-17-30(28-11-7-8-12-29(28)31)36(19-9-5-6-10-20-36)39-21-23-43-24-22-39/h7-9,11-19,25H,5-6,10,20-24H2,1-4H3,(H2,37,42). The first-order valence-corrected chi connectivity index (χ1v) is 15.5. The summed E-state index contributed by atoms with van der Waals surface area (Å²) in [7, 11) is 0. The van der Waals surface area contributed by atoms with E-state index in [1.54, 1.807) is 4.90 Å². The minimum atomic E-state index is -0.552. The number of carbonyl (C=O) groups is 1. The average molecular weight is 578 g/mol. The molecule has 0 bridgehead atoms. The highest BCUT2D eigenvalue weighted by Gasteiger charge is 2.39. The van der Waals surface area contributed by atoms with Gasteiger partial charge in [-0.2, -0.15) is 5.10 Å². The van der Waals surface area contributed by atoms with E-state index < -0.39 is 6.03 Å². The van der Waals surface area contributed by atoms with Crippen LogP contribution in [-0.2, 0) is 15.7 Å². The van der Waals surface area contributed by atoms with Crippen molar-refractivity contribution in [3.05, 3.63) is 95.7 Å². The van der Waals surface area contributed by atoms with Crippen LogP contribution >= 0.6 is 0 Å². The van der Waals surface area contributed by atoms with E-state index in [4.69, 9.17) is 15.6 Å². The summed E-state index contributed by atoms with van der Waals surface area (Å²) < 4.78 is 7.61. The quantitative estimate of drug-likeness (QED) is 0.249. The van der Waals surface area contributed by atoms with Crippen LogP contribution in [0.1, 0.15) is 63.3 Å². The largest absolute Gasteiger partial charge is 0.379 e. The molecule has 1 unspecified atom stereocenters. The monoisotopic (exact) mass is 577 g/mol. The molecule has 2 heterocycles. The van der Waals surface area contributed by atoms with Crippen LogP contribution < -0.4 is 10.6 Å². The molecule has 6 rings (SSSR count). The van der Waals surface area contributed by atoms with Gasteiger partial charge in [0.05, 0.1) is 35.8 Å². The summed E-state index contributed by atoms with van der Waals surface area (Å²) in [6.45, 7) is 11.7. The van der Waals surface area contributed by atoms with Crippen LogP contribution in [-0.4, -0.2) is 47.0 Å². The van der Waals surface area contributed by atoms with E-state index in [1.165, 1.54) is 12.0 Å². The summed E-state index contributed by atoms with van der Waals surface area (Å²) in [6.07, 6.45) is 9.26. The van der Waals surface area contributed by atoms with Gasteiger partial charge in [-0.15, -0.1) is 0 Å². The first-order valence-electron chi connectivity index (χ1n) is 15.5. The summed E-state index contributed by atoms with van der Waals surface area (Å²) in [5.74, 6) is 0.622. The van der Waals surface area contributed by atoms with Gasteiger partial charge in [0.25, 0.3) is 0 Å². The topological polar surface area (TPSA) is 76.6 Å². The number of hydrogen-bond acceptors (Lipinski definition) is 4. The van der Waals surface area contributed by atoms with Crippen LogP contribution in [0, 0.1) is 6.92 Å². The zero-order chi connectivity index (χ0) is 30.2. The van der Waals surface area contributed by atoms with Crippen molar-refractivity contribution in [2.75, 3.05) is 31.2 Å². The third-order valence-corrected chi connectivity index (χ3v) is 8.94. The molecule has 1 fully saturated rings. The van der Waals surface area contributed by atoms with Gasteiger partial charge in [0, 0.05) is 30.0 Å². The Morgan fingerprint density at radius 1 is 0.977 bits per heavy atom. The number of ether oxygens (including phenoxy) is 1. The Hall–Kier alpha value is -3.94. The highest BCUT2D eigenvalue weighted by Crippen LogP contribution is 2.45. The summed E-state index contributed by atoms with van der Waals surface area (Å²) in [4.78, 5) is 17.7. The lowest BCUT2D eigenvalue weighted by Gasteiger charge is -2.45. The number of nitrogens with zero attached hydrogens (tertiary/aromatic N) is 4. The van der Waals surface area contributed by atoms with Crippen LogP contribution in [0.15, 0.2) is 78.9 Å². The van der Waals surface area contributed by atoms with Crippen molar-refractivity contribution in [1.82, 2.24) is 14.7 Å². The Balaban J connectivity index is 1.56. The Morgan fingerprint density at radius 2 is 1.70 bits per heavy atom. The zero-order valence-corrected chi connectivity index (χ0v) is 25.8. The minimum absolute atomic E-state index is 0.226. The van der Waals surface area contributed by atoms with Gasteiger partial charge in [0.1, 0.15) is 5.82 Å². The zero-order valence-electron chi connectivity index (χ0n) is 25.8. The number of urea groups is 1. The molecule has 1 atom stereocenters. The van der Waals surface area contributed by atoms with Crippen molar-refractivity contribution < 1.29 is 9.53 Å². The molecule has 1 aliphatic heterocycles. The number of nitrogens with two attached hydrogens (primary N) is 1. The molecule has 2 N–H and O–H groups in total. The summed E-state index contributed by atoms with van der Waals surface area (Å²) in [6, 6.07) is 22.3. The summed E-state index contributed by atoms with van der Waals surface area (Å²) in [5, 5.41) is 7.11. The van der Waals surface area contributed by atoms with Crippen molar-refractivity contribution in [1.29, 1.82) is 0 Å². The number of hydrogen-bond donors (Lipinski definition) is 1. The maximum Gasteiger partial charge on any atom is 0.325 e. The van der Waals surface area contributed by atoms with Crippen molar-refractivity contribution in [3.8, 4) is 5.69 Å². The summed E-state index contributed by atoms with van der Waals surface area (Å²) >= 11 is 0. The third-order valence-electron chi connectivity index (χ3n) is 8.94. The molecule has 2 amide bonds. The lowest BCUT2D eigenvalue weighted by atomic mass is 9.80. The average Bonchev–Trinajstić information content (AvgIpc) is 3.29. The van der Waals surface area contributed by atoms with Crippen molar-refractivity contribution >= 4 is 28.3 Å². The number of anilines is 2. The molecule has 0 radical (unpaired) electrons. The van der Waals surface area contributed by atoms with E-state index in [1.807, 2.05) is 28.9 Å². The number of amides is 2. The fourth-order valence-corrected chi connectivity index (χ4v) is 6.62. The van der Waals surface area contributed by atoms with Gasteiger partial charge in [-0.1, -0.05) is 87.4 Å². The Kier molecular flexibility index (Phi) is 7.88. The third kappa shape index (κ3) is 5.48. The number of rotatable bonds is 5. The Bertz CT molecular complexity index is 1640. The van der Waals surface area contributed by atoms with Gasteiger partial charge >= 0.3 is 6.03 Å². The first-order chi connectivity index (χ1) is 20.7. The molecule has 1 aromatic heterocycles. The fraction of sp³-hybridized carbons (Fsp3) is 0.389. The molecule has 224 valence electrons. The molecule has 4 aromatic rings. The number of benzene rings is 3. The smallest absolute Gasteiger partial charge is 0.325 e. The van der Waals surface area contributed by atoms with Gasteiger partial charge in [0.2, 0.25) is 0 Å². The molecule has 7 heteroatoms. The molecule has 1 aliphatic carbocycles. The number of morpholine rings is 1. The summed E-state index contributed by atoms with van der Waals surface area (Å²) in [5.41, 5.74) is 10.7. The fourth-order valence-electron chi connectivity index (χ4n) is 6.62. The van der Waals surface area contributed by atoms with Crippen LogP contribution in [0.4, 0.5) is 16.3 Å². The Labute approximate surface area is 254 Å². The normalized spacial score (nSPS) is 19.8. The second-order valence-electron chi connectivity index (χ2n) is 12.9. The van der Waals surface area contributed by atoms with Gasteiger partial charge in [-0.3, -0.25) is 4.90 Å². The van der Waals surface area contributed by atoms with Gasteiger partial charge < -0.3 is 10.5 Å². The van der Waals surface area contributed by atoms with Crippen molar-refractivity contribution in [2.24, 2.45) is 5.73 Å². The maximum absolute atomic E-state index is 13.5. The maximum atomic E-state index is 13.5. The second kappa shape index (κ2) is 11.6. The van der Waals surface area contributed by atoms with Crippen LogP contribution in [0.25, 0.3) is 16.5 Å². The predicted molar refractivity (Wildman–Crippen MR) is 174 cm³/mol. The van der Waals surface area contributed by atoms with E-state index in [2.05, 4.69) is 87.2 Å². The highest BCUT2D eigenvalue weighted by molar-refractivity contribution is 6.08. The minimum Gasteiger partial charge on any atom is -0.379 e. The first kappa shape index (κ1) is 29.1. The number of carbonyl (C=O) groups excluding carboxylic acids is 1. The molecule has 43 heavy (non-hydrogen) atoms. The molecular formula is C36H43N5O2. The van der Waals surface area contributed by atoms with Crippen LogP contribution in [0.2, 0.25) is 0 Å². The van der Waals surface area contributed by atoms with E-state index >= 15 is 0 Å². The number of aryl methyl sites for hydroxylation is 1. The number of fused-ring (bicyclic) bond motifs is 1. The van der Waals surface area contributed by atoms with Gasteiger partial charge in [-0.25, -0.2) is 14.4 Å². The highest BCUT2D eigenvalue weighted by atomic mass is 16.5. The van der Waals surface area contributed by atoms with Crippen molar-refractivity contribution in [2.45, 2.75) is 64.3 Å². The SMILES string of the molecule is Cc1ccc(-n2nc(C(C)(C)C)cc2N(C(N)=O)c2ccc(C3(N4CCOCC4)C=CCCCC3)c3ccccc23)cc1. The lowest BCUT2D eigenvalue weighted by molar-refractivity contribution is -0.0103. The van der Waals surface area contributed by atoms with Crippen LogP contribution in [0.3, 0.4) is 0 Å². The van der Waals surface area contributed by atoms with Crippen molar-refractivity contribution in [3.63, 3.8) is 0 Å². The number of aromatic nitrogens is 2. The molecule has 1 saturated heterocycles. The molecule has 0 saturated carbocycles. The molecule has 3 aromatic carbocycles.